The molecule has 0 heterocycles. The van der Waals surface area contributed by atoms with Crippen LogP contribution in [0.4, 0.5) is 8.78 Å². The second kappa shape index (κ2) is 4.18. The van der Waals surface area contributed by atoms with Crippen molar-refractivity contribution in [1.82, 2.24) is 0 Å². The van der Waals surface area contributed by atoms with Crippen molar-refractivity contribution < 1.29 is 13.5 Å². The molecule has 0 aliphatic rings. The Labute approximate surface area is 75.3 Å². The molecule has 0 unspecified atom stereocenters. The Morgan fingerprint density at radius 1 is 1.46 bits per heavy atom. The summed E-state index contributed by atoms with van der Waals surface area (Å²) in [5.74, 6) is 0.201. The SMILES string of the molecule is COc1ccc(CN)cc1C(F)F. The number of halogens is 2. The Hall–Kier alpha value is -1.16. The zero-order chi connectivity index (χ0) is 9.84. The molecule has 0 radical (unpaired) electrons. The second-order valence-electron chi connectivity index (χ2n) is 2.58. The average Bonchev–Trinajstić information content (AvgIpc) is 2.16. The Bertz CT molecular complexity index is 289. The molecule has 13 heavy (non-hydrogen) atoms. The molecular weight excluding hydrogens is 176 g/mol. The molecule has 4 heteroatoms. The van der Waals surface area contributed by atoms with E-state index in [1.165, 1.54) is 19.2 Å². The minimum atomic E-state index is -2.53. The first-order valence-electron chi connectivity index (χ1n) is 3.84. The van der Waals surface area contributed by atoms with Gasteiger partial charge in [-0.05, 0) is 17.7 Å². The van der Waals surface area contributed by atoms with E-state index in [0.717, 1.165) is 0 Å². The third-order valence-electron chi connectivity index (χ3n) is 1.76. The molecule has 0 atom stereocenters. The fraction of sp³-hybridized carbons (Fsp3) is 0.333. The lowest BCUT2D eigenvalue weighted by Crippen LogP contribution is -1.99. The zero-order valence-corrected chi connectivity index (χ0v) is 7.26. The van der Waals surface area contributed by atoms with Gasteiger partial charge in [-0.3, -0.25) is 0 Å². The highest BCUT2D eigenvalue weighted by Crippen LogP contribution is 2.29. The van der Waals surface area contributed by atoms with Crippen molar-refractivity contribution in [2.75, 3.05) is 7.11 Å². The van der Waals surface area contributed by atoms with Crippen molar-refractivity contribution in [2.24, 2.45) is 5.73 Å². The summed E-state index contributed by atoms with van der Waals surface area (Å²) in [7, 11) is 1.36. The van der Waals surface area contributed by atoms with Crippen LogP contribution in [0.15, 0.2) is 18.2 Å². The molecular formula is C9H11F2NO. The van der Waals surface area contributed by atoms with E-state index in [9.17, 15) is 8.78 Å². The minimum absolute atomic E-state index is 0.106. The molecule has 0 amide bonds. The average molecular weight is 187 g/mol. The van der Waals surface area contributed by atoms with Crippen molar-refractivity contribution >= 4 is 0 Å². The molecule has 0 fully saturated rings. The largest absolute Gasteiger partial charge is 0.496 e. The zero-order valence-electron chi connectivity index (χ0n) is 7.26. The number of ether oxygens (including phenoxy) is 1. The molecule has 2 nitrogen and oxygen atoms in total. The summed E-state index contributed by atoms with van der Waals surface area (Å²) < 4.78 is 29.6. The van der Waals surface area contributed by atoms with E-state index < -0.39 is 6.43 Å². The van der Waals surface area contributed by atoms with E-state index >= 15 is 0 Å². The van der Waals surface area contributed by atoms with Gasteiger partial charge in [0, 0.05) is 6.54 Å². The standard InChI is InChI=1S/C9H11F2NO/c1-13-8-3-2-6(5-12)4-7(8)9(10)11/h2-4,9H,5,12H2,1H3. The quantitative estimate of drug-likeness (QED) is 0.786. The number of hydrogen-bond donors (Lipinski definition) is 1. The van der Waals surface area contributed by atoms with E-state index in [-0.39, 0.29) is 17.9 Å². The van der Waals surface area contributed by atoms with Crippen LogP contribution in [0.25, 0.3) is 0 Å². The lowest BCUT2D eigenvalue weighted by atomic mass is 10.1. The fourth-order valence-electron chi connectivity index (χ4n) is 1.08. The molecule has 2 N–H and O–H groups in total. The highest BCUT2D eigenvalue weighted by molar-refractivity contribution is 5.38. The van der Waals surface area contributed by atoms with E-state index in [0.29, 0.717) is 5.56 Å². The molecule has 0 bridgehead atoms. The maximum Gasteiger partial charge on any atom is 0.267 e. The van der Waals surface area contributed by atoms with Gasteiger partial charge >= 0.3 is 0 Å². The summed E-state index contributed by atoms with van der Waals surface area (Å²) >= 11 is 0. The van der Waals surface area contributed by atoms with Gasteiger partial charge in [0.25, 0.3) is 6.43 Å². The first-order valence-corrected chi connectivity index (χ1v) is 3.84. The van der Waals surface area contributed by atoms with E-state index in [2.05, 4.69) is 0 Å². The Morgan fingerprint density at radius 3 is 2.62 bits per heavy atom. The highest BCUT2D eigenvalue weighted by atomic mass is 19.3. The lowest BCUT2D eigenvalue weighted by molar-refractivity contribution is 0.147. The molecule has 0 saturated heterocycles. The summed E-state index contributed by atoms with van der Waals surface area (Å²) in [6.07, 6.45) is -2.53. The summed E-state index contributed by atoms with van der Waals surface area (Å²) in [6.45, 7) is 0.254. The van der Waals surface area contributed by atoms with Crippen LogP contribution in [0.1, 0.15) is 17.6 Å². The third-order valence-corrected chi connectivity index (χ3v) is 1.76. The predicted molar refractivity (Wildman–Crippen MR) is 45.8 cm³/mol. The van der Waals surface area contributed by atoms with Crippen molar-refractivity contribution in [2.45, 2.75) is 13.0 Å². The van der Waals surface area contributed by atoms with Crippen molar-refractivity contribution in [3.63, 3.8) is 0 Å². The molecule has 72 valence electrons. The van der Waals surface area contributed by atoms with Crippen molar-refractivity contribution in [3.05, 3.63) is 29.3 Å². The number of benzene rings is 1. The van der Waals surface area contributed by atoms with Crippen molar-refractivity contribution in [1.29, 1.82) is 0 Å². The van der Waals surface area contributed by atoms with Gasteiger partial charge in [0.05, 0.1) is 12.7 Å². The molecule has 0 aromatic heterocycles. The highest BCUT2D eigenvalue weighted by Gasteiger charge is 2.13. The molecule has 0 aliphatic heterocycles. The normalized spacial score (nSPS) is 10.5. The van der Waals surface area contributed by atoms with Crippen LogP contribution >= 0.6 is 0 Å². The molecule has 1 rings (SSSR count). The van der Waals surface area contributed by atoms with Gasteiger partial charge in [0.1, 0.15) is 5.75 Å². The van der Waals surface area contributed by atoms with Gasteiger partial charge in [-0.25, -0.2) is 8.78 Å². The van der Waals surface area contributed by atoms with E-state index in [1.807, 2.05) is 0 Å². The first-order chi connectivity index (χ1) is 6.19. The van der Waals surface area contributed by atoms with Crippen LogP contribution in [-0.4, -0.2) is 7.11 Å². The van der Waals surface area contributed by atoms with Gasteiger partial charge in [-0.1, -0.05) is 6.07 Å². The lowest BCUT2D eigenvalue weighted by Gasteiger charge is -2.08. The maximum absolute atomic E-state index is 12.4. The molecule has 0 saturated carbocycles. The molecule has 1 aromatic carbocycles. The van der Waals surface area contributed by atoms with Crippen LogP contribution in [0.3, 0.4) is 0 Å². The maximum atomic E-state index is 12.4. The van der Waals surface area contributed by atoms with Gasteiger partial charge in [-0.15, -0.1) is 0 Å². The monoisotopic (exact) mass is 187 g/mol. The van der Waals surface area contributed by atoms with Crippen molar-refractivity contribution in [3.8, 4) is 5.75 Å². The summed E-state index contributed by atoms with van der Waals surface area (Å²) in [5.41, 5.74) is 5.90. The summed E-state index contributed by atoms with van der Waals surface area (Å²) in [5, 5.41) is 0. The van der Waals surface area contributed by atoms with Crippen LogP contribution in [-0.2, 0) is 6.54 Å². The second-order valence-corrected chi connectivity index (χ2v) is 2.58. The van der Waals surface area contributed by atoms with E-state index in [1.54, 1.807) is 6.07 Å². The Morgan fingerprint density at radius 2 is 2.15 bits per heavy atom. The molecule has 0 spiro atoms. The predicted octanol–water partition coefficient (Wildman–Crippen LogP) is 2.09. The minimum Gasteiger partial charge on any atom is -0.496 e. The van der Waals surface area contributed by atoms with Gasteiger partial charge < -0.3 is 10.5 Å². The van der Waals surface area contributed by atoms with Gasteiger partial charge in [0.15, 0.2) is 0 Å². The van der Waals surface area contributed by atoms with Crippen LogP contribution < -0.4 is 10.5 Å². The number of alkyl halides is 2. The number of nitrogens with two attached hydrogens (primary N) is 1. The van der Waals surface area contributed by atoms with Gasteiger partial charge in [-0.2, -0.15) is 0 Å². The third kappa shape index (κ3) is 2.15. The fourth-order valence-corrected chi connectivity index (χ4v) is 1.08. The van der Waals surface area contributed by atoms with Crippen LogP contribution in [0.2, 0.25) is 0 Å². The first kappa shape index (κ1) is 9.92. The summed E-state index contributed by atoms with van der Waals surface area (Å²) in [4.78, 5) is 0. The number of rotatable bonds is 3. The van der Waals surface area contributed by atoms with Gasteiger partial charge in [0.2, 0.25) is 0 Å². The topological polar surface area (TPSA) is 35.2 Å². The summed E-state index contributed by atoms with van der Waals surface area (Å²) in [6, 6.07) is 4.54. The van der Waals surface area contributed by atoms with Crippen LogP contribution in [0.5, 0.6) is 5.75 Å². The number of methoxy groups -OCH3 is 1. The Kier molecular flexibility index (Phi) is 3.19. The molecule has 1 aromatic rings. The Balaban J connectivity index is 3.10. The van der Waals surface area contributed by atoms with Crippen LogP contribution in [0, 0.1) is 0 Å². The van der Waals surface area contributed by atoms with E-state index in [4.69, 9.17) is 10.5 Å². The number of hydrogen-bond acceptors (Lipinski definition) is 2. The molecule has 0 aliphatic carbocycles. The smallest absolute Gasteiger partial charge is 0.267 e.